The van der Waals surface area contributed by atoms with Gasteiger partial charge in [-0.3, -0.25) is 5.01 Å². The molecule has 0 unspecified atom stereocenters. The molecule has 1 N–H and O–H groups in total. The van der Waals surface area contributed by atoms with Gasteiger partial charge in [0.1, 0.15) is 0 Å². The summed E-state index contributed by atoms with van der Waals surface area (Å²) in [5.74, 6) is 0. The minimum absolute atomic E-state index is 1.00. The Hall–Kier alpha value is -1.98. The van der Waals surface area contributed by atoms with E-state index < -0.39 is 0 Å². The van der Waals surface area contributed by atoms with Crippen LogP contribution in [0.4, 0.5) is 11.4 Å². The summed E-state index contributed by atoms with van der Waals surface area (Å²) >= 11 is 1.82. The molecular formula is C19H22N4S. The van der Waals surface area contributed by atoms with Gasteiger partial charge in [0, 0.05) is 36.0 Å². The Morgan fingerprint density at radius 2 is 1.75 bits per heavy atom. The highest BCUT2D eigenvalue weighted by Gasteiger charge is 2.16. The number of fused-ring (bicyclic) bond motifs is 2. The van der Waals surface area contributed by atoms with E-state index >= 15 is 0 Å². The summed E-state index contributed by atoms with van der Waals surface area (Å²) in [4.78, 5) is 4.89. The van der Waals surface area contributed by atoms with Gasteiger partial charge in [-0.05, 0) is 43.8 Å². The molecule has 2 aromatic rings. The van der Waals surface area contributed by atoms with Gasteiger partial charge in [-0.25, -0.2) is 0 Å². The van der Waals surface area contributed by atoms with Crippen molar-refractivity contribution in [2.45, 2.75) is 16.7 Å². The van der Waals surface area contributed by atoms with Gasteiger partial charge in [0.05, 0.1) is 17.1 Å². The first-order chi connectivity index (χ1) is 11.7. The maximum absolute atomic E-state index is 4.82. The van der Waals surface area contributed by atoms with Crippen molar-refractivity contribution in [2.75, 3.05) is 38.5 Å². The second-order valence-electron chi connectivity index (χ2n) is 6.38. The van der Waals surface area contributed by atoms with Crippen molar-refractivity contribution >= 4 is 28.8 Å². The molecule has 1 saturated heterocycles. The molecule has 2 aromatic carbocycles. The molecule has 4 rings (SSSR count). The fourth-order valence-electron chi connectivity index (χ4n) is 3.03. The van der Waals surface area contributed by atoms with Gasteiger partial charge in [0.25, 0.3) is 0 Å². The molecule has 0 aromatic heterocycles. The first-order valence-corrected chi connectivity index (χ1v) is 9.18. The average molecular weight is 338 g/mol. The molecule has 0 amide bonds. The van der Waals surface area contributed by atoms with Crippen molar-refractivity contribution < 1.29 is 0 Å². The minimum Gasteiger partial charge on any atom is -0.354 e. The van der Waals surface area contributed by atoms with Crippen LogP contribution in [0.3, 0.4) is 0 Å². The van der Waals surface area contributed by atoms with Gasteiger partial charge < -0.3 is 10.2 Å². The van der Waals surface area contributed by atoms with E-state index in [4.69, 9.17) is 5.10 Å². The molecule has 0 saturated carbocycles. The van der Waals surface area contributed by atoms with Crippen LogP contribution in [0.1, 0.15) is 12.5 Å². The zero-order valence-corrected chi connectivity index (χ0v) is 14.9. The Labute approximate surface area is 147 Å². The number of hydrazone groups is 1. The monoisotopic (exact) mass is 338 g/mol. The van der Waals surface area contributed by atoms with Crippen LogP contribution in [0.2, 0.25) is 0 Å². The summed E-state index contributed by atoms with van der Waals surface area (Å²) in [5, 5.41) is 10.6. The van der Waals surface area contributed by atoms with Gasteiger partial charge in [0.2, 0.25) is 0 Å². The predicted molar refractivity (Wildman–Crippen MR) is 102 cm³/mol. The Bertz CT molecular complexity index is 779. The highest BCUT2D eigenvalue weighted by Crippen LogP contribution is 2.44. The SMILES string of the molecule is C/C(=N\N1CCN(C)CC1)c1ccc2c(c1)Nc1ccccc1S2. The molecule has 124 valence electrons. The van der Waals surface area contributed by atoms with Crippen LogP contribution >= 0.6 is 11.8 Å². The van der Waals surface area contributed by atoms with Crippen LogP contribution in [0.15, 0.2) is 57.4 Å². The van der Waals surface area contributed by atoms with Gasteiger partial charge in [0.15, 0.2) is 0 Å². The smallest absolute Gasteiger partial charge is 0.0647 e. The summed E-state index contributed by atoms with van der Waals surface area (Å²) in [7, 11) is 2.17. The third-order valence-electron chi connectivity index (χ3n) is 4.54. The van der Waals surface area contributed by atoms with Crippen LogP contribution in [0.25, 0.3) is 0 Å². The highest BCUT2D eigenvalue weighted by molar-refractivity contribution is 7.99. The van der Waals surface area contributed by atoms with Crippen molar-refractivity contribution in [2.24, 2.45) is 5.10 Å². The highest BCUT2D eigenvalue weighted by atomic mass is 32.2. The summed E-state index contributed by atoms with van der Waals surface area (Å²) in [6.07, 6.45) is 0. The van der Waals surface area contributed by atoms with Crippen LogP contribution in [-0.2, 0) is 0 Å². The number of likely N-dealkylation sites (N-methyl/N-ethyl adjacent to an activating group) is 1. The molecule has 0 atom stereocenters. The molecule has 2 aliphatic rings. The van der Waals surface area contributed by atoms with Crippen molar-refractivity contribution in [3.8, 4) is 0 Å². The number of anilines is 2. The first kappa shape index (κ1) is 15.5. The Balaban J connectivity index is 1.56. The maximum Gasteiger partial charge on any atom is 0.0647 e. The Morgan fingerprint density at radius 1 is 1.00 bits per heavy atom. The van der Waals surface area contributed by atoms with E-state index in [0.717, 1.165) is 31.9 Å². The van der Waals surface area contributed by atoms with Crippen molar-refractivity contribution in [3.05, 3.63) is 48.0 Å². The topological polar surface area (TPSA) is 30.9 Å². The number of hydrogen-bond acceptors (Lipinski definition) is 5. The van der Waals surface area contributed by atoms with Crippen LogP contribution < -0.4 is 5.32 Å². The minimum atomic E-state index is 1.00. The fraction of sp³-hybridized carbons (Fsp3) is 0.316. The van der Waals surface area contributed by atoms with Gasteiger partial charge >= 0.3 is 0 Å². The first-order valence-electron chi connectivity index (χ1n) is 8.36. The average Bonchev–Trinajstić information content (AvgIpc) is 2.61. The van der Waals surface area contributed by atoms with Crippen molar-refractivity contribution in [3.63, 3.8) is 0 Å². The number of piperazine rings is 1. The zero-order chi connectivity index (χ0) is 16.5. The molecule has 0 spiro atoms. The van der Waals surface area contributed by atoms with Crippen LogP contribution in [0, 0.1) is 0 Å². The standard InChI is InChI=1S/C19H22N4S/c1-14(21-23-11-9-22(2)10-12-23)15-7-8-19-17(13-15)20-16-5-3-4-6-18(16)24-19/h3-8,13,20H,9-12H2,1-2H3/b21-14+. The molecule has 0 aliphatic carbocycles. The summed E-state index contributed by atoms with van der Waals surface area (Å²) in [6, 6.07) is 15.0. The van der Waals surface area contributed by atoms with Gasteiger partial charge in [-0.1, -0.05) is 30.0 Å². The summed E-state index contributed by atoms with van der Waals surface area (Å²) < 4.78 is 0. The van der Waals surface area contributed by atoms with Crippen molar-refractivity contribution in [1.82, 2.24) is 9.91 Å². The zero-order valence-electron chi connectivity index (χ0n) is 14.1. The van der Waals surface area contributed by atoms with Gasteiger partial charge in [-0.2, -0.15) is 5.10 Å². The van der Waals surface area contributed by atoms with E-state index in [1.807, 2.05) is 11.8 Å². The lowest BCUT2D eigenvalue weighted by Crippen LogP contribution is -2.42. The van der Waals surface area contributed by atoms with Crippen LogP contribution in [-0.4, -0.2) is 48.8 Å². The molecule has 2 aliphatic heterocycles. The van der Waals surface area contributed by atoms with E-state index in [1.54, 1.807) is 0 Å². The Morgan fingerprint density at radius 3 is 2.58 bits per heavy atom. The van der Waals surface area contributed by atoms with E-state index in [1.165, 1.54) is 26.7 Å². The summed E-state index contributed by atoms with van der Waals surface area (Å²) in [6.45, 7) is 6.26. The third kappa shape index (κ3) is 3.14. The number of para-hydroxylation sites is 1. The normalized spacial score (nSPS) is 17.9. The van der Waals surface area contributed by atoms with E-state index in [9.17, 15) is 0 Å². The fourth-order valence-corrected chi connectivity index (χ4v) is 4.00. The quantitative estimate of drug-likeness (QED) is 0.719. The molecule has 2 heterocycles. The largest absolute Gasteiger partial charge is 0.354 e. The number of rotatable bonds is 2. The number of hydrogen-bond donors (Lipinski definition) is 1. The molecule has 5 heteroatoms. The maximum atomic E-state index is 4.82. The predicted octanol–water partition coefficient (Wildman–Crippen LogP) is 3.87. The molecular weight excluding hydrogens is 316 g/mol. The number of benzene rings is 2. The van der Waals surface area contributed by atoms with Gasteiger partial charge in [-0.15, -0.1) is 0 Å². The molecule has 0 radical (unpaired) electrons. The lowest BCUT2D eigenvalue weighted by molar-refractivity contribution is 0.159. The lowest BCUT2D eigenvalue weighted by atomic mass is 10.1. The van der Waals surface area contributed by atoms with E-state index in [2.05, 4.69) is 71.7 Å². The number of nitrogens with one attached hydrogen (secondary N) is 1. The Kier molecular flexibility index (Phi) is 4.21. The third-order valence-corrected chi connectivity index (χ3v) is 5.70. The van der Waals surface area contributed by atoms with E-state index in [-0.39, 0.29) is 0 Å². The number of nitrogens with zero attached hydrogens (tertiary/aromatic N) is 3. The lowest BCUT2D eigenvalue weighted by Gasteiger charge is -2.30. The second kappa shape index (κ2) is 6.49. The molecule has 24 heavy (non-hydrogen) atoms. The molecule has 0 bridgehead atoms. The summed E-state index contributed by atoms with van der Waals surface area (Å²) in [5.41, 5.74) is 4.61. The molecule has 4 nitrogen and oxygen atoms in total. The van der Waals surface area contributed by atoms with Crippen LogP contribution in [0.5, 0.6) is 0 Å². The molecule has 1 fully saturated rings. The second-order valence-corrected chi connectivity index (χ2v) is 7.46. The van der Waals surface area contributed by atoms with E-state index in [0.29, 0.717) is 0 Å². The van der Waals surface area contributed by atoms with Crippen molar-refractivity contribution in [1.29, 1.82) is 0 Å².